The van der Waals surface area contributed by atoms with Crippen LogP contribution in [0.1, 0.15) is 30.6 Å². The van der Waals surface area contributed by atoms with Crippen LogP contribution >= 0.6 is 23.2 Å². The third kappa shape index (κ3) is 3.58. The molecule has 0 heterocycles. The molecule has 0 spiro atoms. The fraction of sp³-hybridized carbons (Fsp3) is 0.417. The second-order valence-electron chi connectivity index (χ2n) is 4.13. The maximum Gasteiger partial charge on any atom is 0.251 e. The summed E-state index contributed by atoms with van der Waals surface area (Å²) in [4.78, 5) is 11.9. The molecule has 5 heteroatoms. The Morgan fingerprint density at radius 1 is 1.53 bits per heavy atom. The van der Waals surface area contributed by atoms with Gasteiger partial charge in [-0.05, 0) is 31.5 Å². The van der Waals surface area contributed by atoms with Crippen LogP contribution in [-0.2, 0) is 0 Å². The minimum absolute atomic E-state index is 0.0678. The molecule has 0 saturated heterocycles. The molecule has 17 heavy (non-hydrogen) atoms. The van der Waals surface area contributed by atoms with Crippen molar-refractivity contribution in [2.75, 3.05) is 5.88 Å². The Bertz CT molecular complexity index is 419. The summed E-state index contributed by atoms with van der Waals surface area (Å²) >= 11 is 11.4. The highest BCUT2D eigenvalue weighted by Gasteiger charge is 2.23. The third-order valence-electron chi connectivity index (χ3n) is 2.67. The zero-order valence-corrected chi connectivity index (χ0v) is 11.2. The van der Waals surface area contributed by atoms with Gasteiger partial charge in [-0.3, -0.25) is 4.79 Å². The number of hydrogen-bond donors (Lipinski definition) is 1. The third-order valence-corrected chi connectivity index (χ3v) is 3.55. The predicted octanol–water partition coefficient (Wildman–Crippen LogP) is 3.62. The molecular formula is C12H14Cl2FNO. The number of alkyl halides is 1. The Morgan fingerprint density at radius 2 is 2.18 bits per heavy atom. The first-order chi connectivity index (χ1) is 7.91. The van der Waals surface area contributed by atoms with Gasteiger partial charge in [0, 0.05) is 11.4 Å². The summed E-state index contributed by atoms with van der Waals surface area (Å²) < 4.78 is 12.9. The fourth-order valence-electron chi connectivity index (χ4n) is 1.20. The van der Waals surface area contributed by atoms with Crippen molar-refractivity contribution in [1.29, 1.82) is 0 Å². The number of carbonyl (C=O) groups excluding carboxylic acids is 1. The first kappa shape index (κ1) is 14.3. The number of amides is 1. The van der Waals surface area contributed by atoms with E-state index in [1.807, 2.05) is 13.8 Å². The summed E-state index contributed by atoms with van der Waals surface area (Å²) in [6, 6.07) is 3.86. The van der Waals surface area contributed by atoms with Crippen molar-refractivity contribution < 1.29 is 9.18 Å². The largest absolute Gasteiger partial charge is 0.346 e. The number of benzene rings is 1. The summed E-state index contributed by atoms with van der Waals surface area (Å²) in [5, 5.41) is 2.74. The van der Waals surface area contributed by atoms with Crippen molar-refractivity contribution in [2.45, 2.75) is 25.8 Å². The van der Waals surface area contributed by atoms with E-state index < -0.39 is 11.4 Å². The molecule has 0 aliphatic rings. The minimum Gasteiger partial charge on any atom is -0.346 e. The van der Waals surface area contributed by atoms with E-state index in [0.717, 1.165) is 0 Å². The molecular weight excluding hydrogens is 264 g/mol. The van der Waals surface area contributed by atoms with E-state index in [2.05, 4.69) is 5.32 Å². The average Bonchev–Trinajstić information content (AvgIpc) is 2.32. The Morgan fingerprint density at radius 3 is 2.65 bits per heavy atom. The van der Waals surface area contributed by atoms with Gasteiger partial charge in [0.05, 0.1) is 10.6 Å². The highest BCUT2D eigenvalue weighted by atomic mass is 35.5. The zero-order valence-electron chi connectivity index (χ0n) is 9.69. The SMILES string of the molecule is CCC(C)(CCl)NC(=O)c1ccc(F)c(Cl)c1. The molecule has 1 rings (SSSR count). The van der Waals surface area contributed by atoms with Crippen molar-refractivity contribution >= 4 is 29.1 Å². The molecule has 1 atom stereocenters. The molecule has 2 nitrogen and oxygen atoms in total. The van der Waals surface area contributed by atoms with Gasteiger partial charge >= 0.3 is 0 Å². The molecule has 1 N–H and O–H groups in total. The van der Waals surface area contributed by atoms with E-state index in [1.54, 1.807) is 0 Å². The Hall–Kier alpha value is -0.800. The lowest BCUT2D eigenvalue weighted by molar-refractivity contribution is 0.0912. The zero-order chi connectivity index (χ0) is 13.1. The monoisotopic (exact) mass is 277 g/mol. The van der Waals surface area contributed by atoms with Crippen LogP contribution in [0.5, 0.6) is 0 Å². The number of nitrogens with one attached hydrogen (secondary N) is 1. The Kier molecular flexibility index (Phi) is 4.78. The maximum absolute atomic E-state index is 12.9. The van der Waals surface area contributed by atoms with Gasteiger partial charge in [-0.25, -0.2) is 4.39 Å². The summed E-state index contributed by atoms with van der Waals surface area (Å²) in [6.07, 6.45) is 0.706. The topological polar surface area (TPSA) is 29.1 Å². The van der Waals surface area contributed by atoms with E-state index in [9.17, 15) is 9.18 Å². The summed E-state index contributed by atoms with van der Waals surface area (Å²) in [6.45, 7) is 3.78. The predicted molar refractivity (Wildman–Crippen MR) is 68.3 cm³/mol. The molecule has 0 radical (unpaired) electrons. The lowest BCUT2D eigenvalue weighted by Crippen LogP contribution is -2.47. The van der Waals surface area contributed by atoms with Gasteiger partial charge in [-0.1, -0.05) is 18.5 Å². The van der Waals surface area contributed by atoms with Crippen LogP contribution in [0.4, 0.5) is 4.39 Å². The van der Waals surface area contributed by atoms with Crippen molar-refractivity contribution in [3.8, 4) is 0 Å². The first-order valence-electron chi connectivity index (χ1n) is 5.25. The smallest absolute Gasteiger partial charge is 0.251 e. The van der Waals surface area contributed by atoms with E-state index in [0.29, 0.717) is 17.9 Å². The lowest BCUT2D eigenvalue weighted by atomic mass is 10.0. The number of carbonyl (C=O) groups is 1. The highest BCUT2D eigenvalue weighted by molar-refractivity contribution is 6.31. The van der Waals surface area contributed by atoms with Crippen molar-refractivity contribution in [3.05, 3.63) is 34.6 Å². The van der Waals surface area contributed by atoms with Crippen LogP contribution in [-0.4, -0.2) is 17.3 Å². The number of rotatable bonds is 4. The minimum atomic E-state index is -0.543. The van der Waals surface area contributed by atoms with Gasteiger partial charge in [-0.2, -0.15) is 0 Å². The van der Waals surface area contributed by atoms with Crippen molar-refractivity contribution in [3.63, 3.8) is 0 Å². The second kappa shape index (κ2) is 5.69. The molecule has 1 amide bonds. The van der Waals surface area contributed by atoms with E-state index >= 15 is 0 Å². The maximum atomic E-state index is 12.9. The van der Waals surface area contributed by atoms with Crippen LogP contribution in [0.25, 0.3) is 0 Å². The lowest BCUT2D eigenvalue weighted by Gasteiger charge is -2.27. The summed E-state index contributed by atoms with van der Waals surface area (Å²) in [5.74, 6) is -0.542. The molecule has 94 valence electrons. The number of hydrogen-bond acceptors (Lipinski definition) is 1. The van der Waals surface area contributed by atoms with Crippen molar-refractivity contribution in [2.24, 2.45) is 0 Å². The molecule has 0 aliphatic carbocycles. The van der Waals surface area contributed by atoms with Gasteiger partial charge in [0.25, 0.3) is 5.91 Å². The van der Waals surface area contributed by atoms with Crippen LogP contribution in [0, 0.1) is 5.82 Å². The molecule has 0 aliphatic heterocycles. The molecule has 0 aromatic heterocycles. The van der Waals surface area contributed by atoms with Gasteiger partial charge in [0.1, 0.15) is 5.82 Å². The quantitative estimate of drug-likeness (QED) is 0.837. The van der Waals surface area contributed by atoms with E-state index in [4.69, 9.17) is 23.2 Å². The van der Waals surface area contributed by atoms with Crippen LogP contribution in [0.3, 0.4) is 0 Å². The highest BCUT2D eigenvalue weighted by Crippen LogP contribution is 2.17. The van der Waals surface area contributed by atoms with Gasteiger partial charge in [-0.15, -0.1) is 11.6 Å². The second-order valence-corrected chi connectivity index (χ2v) is 4.81. The van der Waals surface area contributed by atoms with E-state index in [-0.39, 0.29) is 10.9 Å². The fourth-order valence-corrected chi connectivity index (χ4v) is 1.64. The standard InChI is InChI=1S/C12H14Cl2FNO/c1-3-12(2,7-13)16-11(17)8-4-5-10(15)9(14)6-8/h4-6H,3,7H2,1-2H3,(H,16,17). The van der Waals surface area contributed by atoms with Crippen LogP contribution < -0.4 is 5.32 Å². The normalized spacial score (nSPS) is 14.2. The van der Waals surface area contributed by atoms with Crippen molar-refractivity contribution in [1.82, 2.24) is 5.32 Å². The molecule has 0 bridgehead atoms. The summed E-state index contributed by atoms with van der Waals surface area (Å²) in [5.41, 5.74) is -0.152. The van der Waals surface area contributed by atoms with Gasteiger partial charge in [0.15, 0.2) is 0 Å². The molecule has 1 aromatic rings. The average molecular weight is 278 g/mol. The molecule has 1 aromatic carbocycles. The summed E-state index contributed by atoms with van der Waals surface area (Å²) in [7, 11) is 0. The molecule has 0 fully saturated rings. The first-order valence-corrected chi connectivity index (χ1v) is 6.16. The van der Waals surface area contributed by atoms with Gasteiger partial charge in [0.2, 0.25) is 0 Å². The molecule has 1 unspecified atom stereocenters. The van der Waals surface area contributed by atoms with Crippen LogP contribution in [0.2, 0.25) is 5.02 Å². The Balaban J connectivity index is 2.86. The van der Waals surface area contributed by atoms with Gasteiger partial charge < -0.3 is 5.32 Å². The molecule has 0 saturated carbocycles. The Labute approximate surface area is 110 Å². The van der Waals surface area contributed by atoms with Crippen LogP contribution in [0.15, 0.2) is 18.2 Å². The number of halogens is 3. The van der Waals surface area contributed by atoms with E-state index in [1.165, 1.54) is 18.2 Å².